The van der Waals surface area contributed by atoms with Crippen LogP contribution in [0.3, 0.4) is 0 Å². The van der Waals surface area contributed by atoms with Gasteiger partial charge in [0.1, 0.15) is 0 Å². The van der Waals surface area contributed by atoms with Gasteiger partial charge in [0.05, 0.1) is 54.6 Å². The Morgan fingerprint density at radius 2 is 0.889 bits per heavy atom. The maximum absolute atomic E-state index is 13.3. The summed E-state index contributed by atoms with van der Waals surface area (Å²) in [7, 11) is -3.91. The molecule has 0 bridgehead atoms. The lowest BCUT2D eigenvalue weighted by Crippen LogP contribution is -2.13. The number of rotatable bonds is 5. The van der Waals surface area contributed by atoms with Crippen molar-refractivity contribution in [2.24, 2.45) is 0 Å². The van der Waals surface area contributed by atoms with E-state index in [-0.39, 0.29) is 15.7 Å². The Kier molecular flexibility index (Phi) is 8.70. The van der Waals surface area contributed by atoms with Gasteiger partial charge >= 0.3 is 0 Å². The zero-order valence-corrected chi connectivity index (χ0v) is 34.7. The first-order valence-electron chi connectivity index (χ1n) is 20.3. The number of hydrogen-bond donors (Lipinski definition) is 2. The van der Waals surface area contributed by atoms with Crippen LogP contribution in [0.4, 0.5) is 11.4 Å². The van der Waals surface area contributed by atoms with Crippen LogP contribution in [0.15, 0.2) is 168 Å². The van der Waals surface area contributed by atoms with E-state index in [0.717, 1.165) is 55.7 Å². The first-order valence-corrected chi connectivity index (χ1v) is 21.8. The molecule has 2 N–H and O–H groups in total. The molecule has 0 atom stereocenters. The maximum Gasteiger partial charge on any atom is 0.255 e. The lowest BCUT2D eigenvalue weighted by atomic mass is 10.0. The maximum atomic E-state index is 13.3. The van der Waals surface area contributed by atoms with Crippen LogP contribution in [0.1, 0.15) is 22.8 Å². The number of sulfone groups is 1. The lowest BCUT2D eigenvalue weighted by Gasteiger charge is -2.10. The van der Waals surface area contributed by atoms with Crippen molar-refractivity contribution in [3.05, 3.63) is 169 Å². The number of nitrogens with zero attached hydrogens (tertiary/aromatic N) is 4. The Bertz CT molecular complexity index is 3730. The van der Waals surface area contributed by atoms with E-state index in [0.29, 0.717) is 28.0 Å². The molecule has 0 radical (unpaired) electrons. The number of nitrogens with one attached hydrogen (secondary N) is 2. The first-order chi connectivity index (χ1) is 30.6. The number of aromatic nitrogens is 4. The molecule has 10 aromatic rings. The van der Waals surface area contributed by atoms with Crippen LogP contribution in [0.5, 0.6) is 0 Å². The Balaban J connectivity index is 0.000000175. The minimum atomic E-state index is -3.91. The fourth-order valence-electron chi connectivity index (χ4n) is 8.61. The van der Waals surface area contributed by atoms with E-state index in [1.165, 1.54) is 58.7 Å². The topological polar surface area (TPSA) is 144 Å². The number of anilines is 2. The fourth-order valence-corrected chi connectivity index (χ4v) is 9.96. The van der Waals surface area contributed by atoms with Crippen molar-refractivity contribution < 1.29 is 18.0 Å². The number of hydrogen-bond acceptors (Lipinski definition) is 8. The van der Waals surface area contributed by atoms with Gasteiger partial charge in [-0.05, 0) is 90.0 Å². The number of carbonyl (C=O) groups is 2. The van der Waals surface area contributed by atoms with E-state index >= 15 is 0 Å². The molecule has 0 saturated carbocycles. The molecule has 2 aromatic heterocycles. The quantitative estimate of drug-likeness (QED) is 0.174. The molecule has 2 heterocycles. The molecular weight excluding hydrogens is 805 g/mol. The molecule has 2 amide bonds. The molecule has 0 aliphatic heterocycles. The highest BCUT2D eigenvalue weighted by Gasteiger charge is 2.26. The van der Waals surface area contributed by atoms with Gasteiger partial charge in [0.15, 0.2) is 0 Å². The summed E-state index contributed by atoms with van der Waals surface area (Å²) in [4.78, 5) is 44.2. The summed E-state index contributed by atoms with van der Waals surface area (Å²) in [5.41, 5.74) is 13.6. The van der Waals surface area contributed by atoms with Crippen molar-refractivity contribution >= 4 is 76.6 Å². The number of aryl methyl sites for hydroxylation is 1. The molecule has 0 unspecified atom stereocenters. The van der Waals surface area contributed by atoms with E-state index in [2.05, 4.69) is 84.3 Å². The number of carbonyl (C=O) groups excluding carboxylic acids is 2. The third kappa shape index (κ3) is 6.45. The fraction of sp³-hybridized carbons (Fsp3) is 0.0385. The van der Waals surface area contributed by atoms with Crippen molar-refractivity contribution in [3.63, 3.8) is 0 Å². The summed E-state index contributed by atoms with van der Waals surface area (Å²) in [6, 6.07) is 48.5. The molecule has 63 heavy (non-hydrogen) atoms. The predicted octanol–water partition coefficient (Wildman–Crippen LogP) is 11.2. The van der Waals surface area contributed by atoms with Crippen LogP contribution in [0, 0.1) is 6.92 Å². The van der Waals surface area contributed by atoms with Gasteiger partial charge in [-0.25, -0.2) is 28.4 Å². The average molecular weight is 839 g/mol. The van der Waals surface area contributed by atoms with Crippen LogP contribution in [0.25, 0.3) is 88.6 Å². The second-order valence-corrected chi connectivity index (χ2v) is 17.6. The normalized spacial score (nSPS) is 11.9. The Hall–Kier alpha value is -8.15. The van der Waals surface area contributed by atoms with E-state index in [1.807, 2.05) is 24.3 Å². The second-order valence-electron chi connectivity index (χ2n) is 15.7. The standard InChI is InChI=1S/C33H22N4O4S.C19H12N2/c1-19(38)34-22-8-4-10-24(17-22)42(40,41)25-11-5-9-23(18-25)35-33(39)21-14-15-28-29(16-21)37-32-27-13-3-7-20-6-2-12-26(30(20)27)31(32)36-28;1-11-8-9-15-16(10-11)21-19-14-7-3-5-12-4-2-6-13(17(12)14)18(19)20-15/h2-18H,1H3,(H,34,38)(H,35,39);2-10H,1H3. The van der Waals surface area contributed by atoms with Crippen molar-refractivity contribution in [1.82, 2.24) is 19.9 Å². The van der Waals surface area contributed by atoms with E-state index in [9.17, 15) is 18.0 Å². The predicted molar refractivity (Wildman–Crippen MR) is 248 cm³/mol. The van der Waals surface area contributed by atoms with Crippen molar-refractivity contribution in [3.8, 4) is 45.0 Å². The first kappa shape index (κ1) is 37.8. The van der Waals surface area contributed by atoms with E-state index in [4.69, 9.17) is 19.9 Å². The Labute approximate surface area is 361 Å². The van der Waals surface area contributed by atoms with Gasteiger partial charge in [-0.15, -0.1) is 0 Å². The highest BCUT2D eigenvalue weighted by molar-refractivity contribution is 7.91. The average Bonchev–Trinajstić information content (AvgIpc) is 3.78. The van der Waals surface area contributed by atoms with Gasteiger partial charge in [0.25, 0.3) is 5.91 Å². The van der Waals surface area contributed by atoms with Crippen molar-refractivity contribution in [2.45, 2.75) is 23.6 Å². The van der Waals surface area contributed by atoms with Crippen LogP contribution < -0.4 is 10.6 Å². The number of amides is 2. The summed E-state index contributed by atoms with van der Waals surface area (Å²) >= 11 is 0. The van der Waals surface area contributed by atoms with Gasteiger partial charge in [-0.2, -0.15) is 0 Å². The zero-order valence-electron chi connectivity index (χ0n) is 33.8. The summed E-state index contributed by atoms with van der Waals surface area (Å²) in [5, 5.41) is 10.2. The highest BCUT2D eigenvalue weighted by Crippen LogP contribution is 2.47. The SMILES string of the molecule is CC(=O)Nc1cccc(S(=O)(=O)c2cccc(NC(=O)c3ccc4nc5c(nc4c3)-c3cccc4cccc-5c34)c2)c1.Cc1ccc2nc3c(nc2c1)-c1cccc2cccc-3c12. The number of benzene rings is 8. The van der Waals surface area contributed by atoms with Crippen LogP contribution in [0.2, 0.25) is 0 Å². The van der Waals surface area contributed by atoms with E-state index < -0.39 is 15.7 Å². The lowest BCUT2D eigenvalue weighted by molar-refractivity contribution is -0.114. The van der Waals surface area contributed by atoms with E-state index in [1.54, 1.807) is 42.5 Å². The van der Waals surface area contributed by atoms with Crippen LogP contribution in [-0.4, -0.2) is 40.2 Å². The molecule has 10 nitrogen and oxygen atoms in total. The van der Waals surface area contributed by atoms with Gasteiger partial charge in [0.2, 0.25) is 15.7 Å². The third-order valence-electron chi connectivity index (χ3n) is 11.4. The Morgan fingerprint density at radius 1 is 0.460 bits per heavy atom. The second kappa shape index (κ2) is 14.5. The Morgan fingerprint density at radius 3 is 1.38 bits per heavy atom. The van der Waals surface area contributed by atoms with Gasteiger partial charge in [0, 0.05) is 56.9 Å². The number of fused-ring (bicyclic) bond motifs is 8. The van der Waals surface area contributed by atoms with Crippen LogP contribution >= 0.6 is 0 Å². The molecule has 302 valence electrons. The summed E-state index contributed by atoms with van der Waals surface area (Å²) in [6.07, 6.45) is 0. The zero-order chi connectivity index (χ0) is 43.0. The molecule has 2 aliphatic rings. The molecule has 11 heteroatoms. The summed E-state index contributed by atoms with van der Waals surface area (Å²) in [6.45, 7) is 3.44. The molecule has 0 spiro atoms. The highest BCUT2D eigenvalue weighted by atomic mass is 32.2. The van der Waals surface area contributed by atoms with Gasteiger partial charge in [-0.1, -0.05) is 91.0 Å². The van der Waals surface area contributed by atoms with Crippen molar-refractivity contribution in [2.75, 3.05) is 10.6 Å². The smallest absolute Gasteiger partial charge is 0.255 e. The van der Waals surface area contributed by atoms with Crippen LogP contribution in [-0.2, 0) is 14.6 Å². The van der Waals surface area contributed by atoms with Crippen molar-refractivity contribution in [1.29, 1.82) is 0 Å². The molecular formula is C52H34N6O4S. The molecule has 2 aliphatic carbocycles. The molecule has 12 rings (SSSR count). The minimum absolute atomic E-state index is 0.00829. The molecule has 8 aromatic carbocycles. The largest absolute Gasteiger partial charge is 0.326 e. The summed E-state index contributed by atoms with van der Waals surface area (Å²) in [5.74, 6) is -0.715. The molecule has 0 fully saturated rings. The third-order valence-corrected chi connectivity index (χ3v) is 13.2. The monoisotopic (exact) mass is 838 g/mol. The van der Waals surface area contributed by atoms with Gasteiger partial charge < -0.3 is 10.6 Å². The molecule has 0 saturated heterocycles. The summed E-state index contributed by atoms with van der Waals surface area (Å²) < 4.78 is 26.7. The van der Waals surface area contributed by atoms with Gasteiger partial charge in [-0.3, -0.25) is 9.59 Å². The minimum Gasteiger partial charge on any atom is -0.326 e.